The molecule has 0 aromatic heterocycles. The average Bonchev–Trinajstić information content (AvgIpc) is 3.09. The van der Waals surface area contributed by atoms with Gasteiger partial charge < -0.3 is 10.6 Å². The SMILES string of the molecule is C=C(NC1=NCC(C(C)(C)C)=C1)Nc1ccc(CCc2cc(C)cc(F)c2)cc1. The van der Waals surface area contributed by atoms with Crippen LogP contribution in [-0.2, 0) is 12.8 Å². The molecule has 3 rings (SSSR count). The molecule has 0 spiro atoms. The van der Waals surface area contributed by atoms with Crippen molar-refractivity contribution >= 4 is 11.5 Å². The van der Waals surface area contributed by atoms with Crippen molar-refractivity contribution in [2.75, 3.05) is 11.9 Å². The van der Waals surface area contributed by atoms with Gasteiger partial charge in [0.05, 0.1) is 6.54 Å². The van der Waals surface area contributed by atoms with Gasteiger partial charge in [-0.1, -0.05) is 45.5 Å². The monoisotopic (exact) mass is 391 g/mol. The van der Waals surface area contributed by atoms with Gasteiger partial charge in [-0.05, 0) is 77.8 Å². The summed E-state index contributed by atoms with van der Waals surface area (Å²) >= 11 is 0. The van der Waals surface area contributed by atoms with Crippen molar-refractivity contribution < 1.29 is 4.39 Å². The van der Waals surface area contributed by atoms with E-state index in [0.717, 1.165) is 42.0 Å². The second-order valence-electron chi connectivity index (χ2n) is 8.68. The zero-order valence-corrected chi connectivity index (χ0v) is 17.8. The van der Waals surface area contributed by atoms with Crippen LogP contribution in [0, 0.1) is 18.2 Å². The van der Waals surface area contributed by atoms with Gasteiger partial charge in [-0.2, -0.15) is 0 Å². The minimum atomic E-state index is -0.165. The maximum Gasteiger partial charge on any atom is 0.126 e. The third kappa shape index (κ3) is 6.05. The molecule has 0 fully saturated rings. The van der Waals surface area contributed by atoms with Crippen LogP contribution in [0.15, 0.2) is 71.5 Å². The molecule has 2 N–H and O–H groups in total. The number of rotatable bonds is 6. The highest BCUT2D eigenvalue weighted by Crippen LogP contribution is 2.27. The van der Waals surface area contributed by atoms with E-state index in [2.05, 4.69) is 61.2 Å². The maximum atomic E-state index is 13.5. The number of amidine groups is 1. The van der Waals surface area contributed by atoms with Crippen molar-refractivity contribution in [3.8, 4) is 0 Å². The van der Waals surface area contributed by atoms with Gasteiger partial charge in [0.25, 0.3) is 0 Å². The number of anilines is 1. The Balaban J connectivity index is 1.51. The van der Waals surface area contributed by atoms with E-state index in [9.17, 15) is 4.39 Å². The number of halogens is 1. The van der Waals surface area contributed by atoms with Gasteiger partial charge in [0.15, 0.2) is 0 Å². The molecular formula is C25H30FN3. The van der Waals surface area contributed by atoms with E-state index >= 15 is 0 Å². The molecule has 3 nitrogen and oxygen atoms in total. The van der Waals surface area contributed by atoms with E-state index in [1.165, 1.54) is 11.1 Å². The molecule has 1 aliphatic rings. The van der Waals surface area contributed by atoms with Crippen LogP contribution in [0.4, 0.5) is 10.1 Å². The van der Waals surface area contributed by atoms with Crippen molar-refractivity contribution in [3.63, 3.8) is 0 Å². The summed E-state index contributed by atoms with van der Waals surface area (Å²) in [6, 6.07) is 13.5. The van der Waals surface area contributed by atoms with Crippen molar-refractivity contribution in [2.45, 2.75) is 40.5 Å². The molecule has 0 unspecified atom stereocenters. The average molecular weight is 392 g/mol. The number of aryl methyl sites for hydroxylation is 3. The van der Waals surface area contributed by atoms with E-state index in [1.54, 1.807) is 12.1 Å². The van der Waals surface area contributed by atoms with Crippen LogP contribution in [0.1, 0.15) is 37.5 Å². The van der Waals surface area contributed by atoms with Gasteiger partial charge >= 0.3 is 0 Å². The third-order valence-corrected chi connectivity index (χ3v) is 5.03. The summed E-state index contributed by atoms with van der Waals surface area (Å²) in [5.74, 6) is 1.37. The predicted octanol–water partition coefficient (Wildman–Crippen LogP) is 5.78. The Morgan fingerprint density at radius 3 is 2.34 bits per heavy atom. The molecule has 1 heterocycles. The van der Waals surface area contributed by atoms with Gasteiger partial charge in [-0.15, -0.1) is 0 Å². The summed E-state index contributed by atoms with van der Waals surface area (Å²) in [4.78, 5) is 4.53. The molecule has 2 aromatic carbocycles. The molecule has 0 bridgehead atoms. The molecular weight excluding hydrogens is 361 g/mol. The zero-order chi connectivity index (χ0) is 21.0. The van der Waals surface area contributed by atoms with Crippen LogP contribution in [0.3, 0.4) is 0 Å². The van der Waals surface area contributed by atoms with Gasteiger partial charge in [0.2, 0.25) is 0 Å². The molecule has 29 heavy (non-hydrogen) atoms. The number of benzene rings is 2. The Labute approximate surface area is 173 Å². The zero-order valence-electron chi connectivity index (χ0n) is 17.8. The smallest absolute Gasteiger partial charge is 0.126 e. The number of aliphatic imine (C=N–C) groups is 1. The Kier molecular flexibility index (Phi) is 6.21. The number of hydrogen-bond donors (Lipinski definition) is 2. The van der Waals surface area contributed by atoms with Crippen molar-refractivity contribution in [1.29, 1.82) is 0 Å². The highest BCUT2D eigenvalue weighted by Gasteiger charge is 2.20. The standard InChI is InChI=1S/C25H30FN3/c1-17-12-20(14-22(26)13-17)7-6-19-8-10-23(11-9-19)28-18(2)29-24-15-21(16-27-24)25(3,4)5/h8-15,28H,2,6-7,16H2,1,3-5H3,(H,27,29). The quantitative estimate of drug-likeness (QED) is 0.655. The second-order valence-corrected chi connectivity index (χ2v) is 8.68. The highest BCUT2D eigenvalue weighted by atomic mass is 19.1. The van der Waals surface area contributed by atoms with E-state index in [0.29, 0.717) is 5.82 Å². The summed E-state index contributed by atoms with van der Waals surface area (Å²) in [7, 11) is 0. The number of hydrogen-bond acceptors (Lipinski definition) is 3. The van der Waals surface area contributed by atoms with Crippen LogP contribution in [0.25, 0.3) is 0 Å². The number of nitrogens with one attached hydrogen (secondary N) is 2. The van der Waals surface area contributed by atoms with Gasteiger partial charge in [-0.3, -0.25) is 4.99 Å². The Morgan fingerprint density at radius 1 is 1.03 bits per heavy atom. The van der Waals surface area contributed by atoms with Crippen LogP contribution in [0.5, 0.6) is 0 Å². The minimum absolute atomic E-state index is 0.127. The first-order valence-electron chi connectivity index (χ1n) is 10.0. The fraction of sp³-hybridized carbons (Fsp3) is 0.320. The van der Waals surface area contributed by atoms with Crippen molar-refractivity contribution in [2.24, 2.45) is 10.4 Å². The summed E-state index contributed by atoms with van der Waals surface area (Å²) in [5, 5.41) is 6.51. The highest BCUT2D eigenvalue weighted by molar-refractivity contribution is 5.97. The second kappa shape index (κ2) is 8.64. The lowest BCUT2D eigenvalue weighted by atomic mass is 9.87. The largest absolute Gasteiger partial charge is 0.342 e. The van der Waals surface area contributed by atoms with Crippen LogP contribution >= 0.6 is 0 Å². The first-order chi connectivity index (χ1) is 13.7. The molecule has 0 radical (unpaired) electrons. The molecule has 0 saturated heterocycles. The molecule has 0 atom stereocenters. The Bertz CT molecular complexity index is 927. The Morgan fingerprint density at radius 2 is 1.72 bits per heavy atom. The lowest BCUT2D eigenvalue weighted by molar-refractivity contribution is 0.499. The molecule has 0 aliphatic carbocycles. The molecule has 0 saturated carbocycles. The summed E-state index contributed by atoms with van der Waals surface area (Å²) in [6.07, 6.45) is 3.80. The van der Waals surface area contributed by atoms with Gasteiger partial charge in [0, 0.05) is 5.69 Å². The summed E-state index contributed by atoms with van der Waals surface area (Å²) < 4.78 is 13.5. The van der Waals surface area contributed by atoms with Crippen LogP contribution in [0.2, 0.25) is 0 Å². The fourth-order valence-electron chi connectivity index (χ4n) is 3.32. The lowest BCUT2D eigenvalue weighted by Gasteiger charge is -2.18. The minimum Gasteiger partial charge on any atom is -0.342 e. The van der Waals surface area contributed by atoms with E-state index in [4.69, 9.17) is 0 Å². The molecule has 152 valence electrons. The fourth-order valence-corrected chi connectivity index (χ4v) is 3.32. The van der Waals surface area contributed by atoms with E-state index < -0.39 is 0 Å². The Hall–Kier alpha value is -2.88. The molecule has 1 aliphatic heterocycles. The van der Waals surface area contributed by atoms with Gasteiger partial charge in [-0.25, -0.2) is 4.39 Å². The van der Waals surface area contributed by atoms with Crippen molar-refractivity contribution in [1.82, 2.24) is 5.32 Å². The van der Waals surface area contributed by atoms with Crippen LogP contribution in [-0.4, -0.2) is 12.4 Å². The first kappa shape index (κ1) is 20.8. The lowest BCUT2D eigenvalue weighted by Crippen LogP contribution is -2.24. The van der Waals surface area contributed by atoms with Crippen molar-refractivity contribution in [3.05, 3.63) is 89.0 Å². The van der Waals surface area contributed by atoms with Crippen LogP contribution < -0.4 is 10.6 Å². The molecule has 2 aromatic rings. The molecule has 4 heteroatoms. The predicted molar refractivity (Wildman–Crippen MR) is 121 cm³/mol. The topological polar surface area (TPSA) is 36.4 Å². The normalized spacial score (nSPS) is 13.7. The van der Waals surface area contributed by atoms with Gasteiger partial charge in [0.1, 0.15) is 17.5 Å². The maximum absolute atomic E-state index is 13.5. The van der Waals surface area contributed by atoms with E-state index in [-0.39, 0.29) is 11.2 Å². The summed E-state index contributed by atoms with van der Waals surface area (Å²) in [6.45, 7) is 13.3. The van der Waals surface area contributed by atoms with E-state index in [1.807, 2.05) is 25.1 Å². The first-order valence-corrected chi connectivity index (χ1v) is 10.0. The third-order valence-electron chi connectivity index (χ3n) is 5.03. The number of nitrogens with zero attached hydrogens (tertiary/aromatic N) is 1. The summed E-state index contributed by atoms with van der Waals surface area (Å²) in [5.41, 5.74) is 5.61. The molecule has 0 amide bonds.